The maximum absolute atomic E-state index is 12.7. The van der Waals surface area contributed by atoms with Gasteiger partial charge in [0.05, 0.1) is 25.5 Å². The Kier molecular flexibility index (Phi) is 8.10. The fourth-order valence-corrected chi connectivity index (χ4v) is 5.32. The third-order valence-electron chi connectivity index (χ3n) is 7.68. The number of anilines is 1. The van der Waals surface area contributed by atoms with E-state index < -0.39 is 5.97 Å². The first-order valence-corrected chi connectivity index (χ1v) is 13.8. The average Bonchev–Trinajstić information content (AvgIpc) is 3.64. The summed E-state index contributed by atoms with van der Waals surface area (Å²) in [6, 6.07) is 19.0. The molecule has 1 aliphatic carbocycles. The minimum absolute atomic E-state index is 0.0581. The van der Waals surface area contributed by atoms with Gasteiger partial charge in [-0.1, -0.05) is 37.1 Å². The number of hydrogen-bond donors (Lipinski definition) is 1. The van der Waals surface area contributed by atoms with Crippen LogP contribution in [0.3, 0.4) is 0 Å². The van der Waals surface area contributed by atoms with Gasteiger partial charge in [-0.3, -0.25) is 9.59 Å². The Morgan fingerprint density at radius 3 is 2.17 bits per heavy atom. The topological polar surface area (TPSA) is 91.7 Å². The van der Waals surface area contributed by atoms with Gasteiger partial charge < -0.3 is 19.5 Å². The number of nitrogens with zero attached hydrogens (tertiary/aromatic N) is 2. The number of esters is 1. The lowest BCUT2D eigenvalue weighted by Gasteiger charge is -2.13. The van der Waals surface area contributed by atoms with Crippen molar-refractivity contribution in [2.75, 3.05) is 19.5 Å². The Balaban J connectivity index is 1.69. The predicted molar refractivity (Wildman–Crippen MR) is 159 cm³/mol. The fraction of sp³-hybridized carbons (Fsp3) is 0.303. The molecule has 8 nitrogen and oxygen atoms in total. The van der Waals surface area contributed by atoms with Crippen molar-refractivity contribution in [2.45, 2.75) is 46.5 Å². The van der Waals surface area contributed by atoms with E-state index in [-0.39, 0.29) is 11.8 Å². The van der Waals surface area contributed by atoms with Crippen LogP contribution in [0.1, 0.15) is 43.7 Å². The molecule has 1 amide bonds. The molecule has 4 aromatic rings. The van der Waals surface area contributed by atoms with E-state index in [0.29, 0.717) is 34.3 Å². The zero-order valence-corrected chi connectivity index (χ0v) is 24.1. The zero-order chi connectivity index (χ0) is 29.1. The van der Waals surface area contributed by atoms with E-state index in [4.69, 9.17) is 19.3 Å². The SMILES string of the molecule is COc1cc(OC)cc(-c2nn(-c3cccc(C)c3C)c(OC(C)=O)c2-c2ccc(NC(=O)C3CCCC3)cc2)c1. The summed E-state index contributed by atoms with van der Waals surface area (Å²) in [4.78, 5) is 25.1. The molecular weight excluding hydrogens is 518 g/mol. The summed E-state index contributed by atoms with van der Waals surface area (Å²) < 4.78 is 18.6. The molecule has 0 unspecified atom stereocenters. The highest BCUT2D eigenvalue weighted by Crippen LogP contribution is 2.43. The van der Waals surface area contributed by atoms with E-state index in [9.17, 15) is 9.59 Å². The smallest absolute Gasteiger partial charge is 0.309 e. The van der Waals surface area contributed by atoms with E-state index in [2.05, 4.69) is 5.32 Å². The van der Waals surface area contributed by atoms with E-state index in [1.165, 1.54) is 6.92 Å². The van der Waals surface area contributed by atoms with Gasteiger partial charge in [0.15, 0.2) is 0 Å². The number of hydrogen-bond acceptors (Lipinski definition) is 6. The van der Waals surface area contributed by atoms with Gasteiger partial charge in [0.2, 0.25) is 11.8 Å². The molecule has 0 saturated heterocycles. The Morgan fingerprint density at radius 1 is 0.902 bits per heavy atom. The van der Waals surface area contributed by atoms with Gasteiger partial charge in [0, 0.05) is 30.2 Å². The molecule has 0 aliphatic heterocycles. The summed E-state index contributed by atoms with van der Waals surface area (Å²) in [5.74, 6) is 1.16. The molecule has 1 heterocycles. The van der Waals surface area contributed by atoms with Crippen LogP contribution in [-0.2, 0) is 9.59 Å². The van der Waals surface area contributed by atoms with Crippen LogP contribution in [0.4, 0.5) is 5.69 Å². The molecule has 1 aromatic heterocycles. The largest absolute Gasteiger partial charge is 0.497 e. The second kappa shape index (κ2) is 11.9. The summed E-state index contributed by atoms with van der Waals surface area (Å²) >= 11 is 0. The molecule has 0 atom stereocenters. The first-order valence-electron chi connectivity index (χ1n) is 13.8. The number of benzene rings is 3. The number of aryl methyl sites for hydroxylation is 1. The van der Waals surface area contributed by atoms with E-state index in [1.807, 2.05) is 68.4 Å². The van der Waals surface area contributed by atoms with Crippen LogP contribution in [0.15, 0.2) is 60.7 Å². The third kappa shape index (κ3) is 5.82. The fourth-order valence-electron chi connectivity index (χ4n) is 5.32. The number of aromatic nitrogens is 2. The zero-order valence-electron chi connectivity index (χ0n) is 24.1. The maximum atomic E-state index is 12.7. The molecular formula is C33H35N3O5. The van der Waals surface area contributed by atoms with Crippen molar-refractivity contribution >= 4 is 17.6 Å². The van der Waals surface area contributed by atoms with Crippen molar-refractivity contribution in [2.24, 2.45) is 5.92 Å². The Morgan fingerprint density at radius 2 is 1.56 bits per heavy atom. The van der Waals surface area contributed by atoms with Crippen molar-refractivity contribution in [3.8, 4) is 45.5 Å². The molecule has 3 aromatic carbocycles. The van der Waals surface area contributed by atoms with Crippen molar-refractivity contribution in [3.63, 3.8) is 0 Å². The molecule has 5 rings (SSSR count). The first kappa shape index (κ1) is 28.0. The number of rotatable bonds is 8. The standard InChI is InChI=1S/C33H35N3O5/c1-20-9-8-12-29(21(20)2)36-33(41-22(3)37)30(31(35-36)25-17-27(39-4)19-28(18-25)40-5)23-13-15-26(16-14-23)34-32(38)24-10-6-7-11-24/h8-9,12-19,24H,6-7,10-11H2,1-5H3,(H,34,38). The molecule has 0 bridgehead atoms. The minimum Gasteiger partial charge on any atom is -0.497 e. The quantitative estimate of drug-likeness (QED) is 0.239. The van der Waals surface area contributed by atoms with Gasteiger partial charge in [-0.15, -0.1) is 0 Å². The van der Waals surface area contributed by atoms with Gasteiger partial charge in [-0.2, -0.15) is 9.78 Å². The number of methoxy groups -OCH3 is 2. The second-order valence-electron chi connectivity index (χ2n) is 10.4. The summed E-state index contributed by atoms with van der Waals surface area (Å²) in [6.07, 6.45) is 4.05. The van der Waals surface area contributed by atoms with Crippen molar-refractivity contribution in [3.05, 3.63) is 71.8 Å². The predicted octanol–water partition coefficient (Wildman–Crippen LogP) is 6.89. The molecule has 212 valence electrons. The van der Waals surface area contributed by atoms with Crippen LogP contribution in [0.5, 0.6) is 17.4 Å². The Hall–Kier alpha value is -4.59. The molecule has 1 fully saturated rings. The Labute approximate surface area is 240 Å². The van der Waals surface area contributed by atoms with Gasteiger partial charge in [0.25, 0.3) is 0 Å². The highest BCUT2D eigenvalue weighted by molar-refractivity contribution is 5.94. The summed E-state index contributed by atoms with van der Waals surface area (Å²) in [5.41, 5.74) is 6.32. The van der Waals surface area contributed by atoms with Crippen molar-refractivity contribution < 1.29 is 23.8 Å². The van der Waals surface area contributed by atoms with Gasteiger partial charge in [-0.05, 0) is 73.7 Å². The van der Waals surface area contributed by atoms with Crippen LogP contribution in [0.2, 0.25) is 0 Å². The van der Waals surface area contributed by atoms with E-state index >= 15 is 0 Å². The monoisotopic (exact) mass is 553 g/mol. The number of nitrogens with one attached hydrogen (secondary N) is 1. The average molecular weight is 554 g/mol. The van der Waals surface area contributed by atoms with Crippen LogP contribution in [0, 0.1) is 19.8 Å². The number of carbonyl (C=O) groups is 2. The second-order valence-corrected chi connectivity index (χ2v) is 10.4. The lowest BCUT2D eigenvalue weighted by molar-refractivity contribution is -0.132. The van der Waals surface area contributed by atoms with E-state index in [1.54, 1.807) is 25.0 Å². The molecule has 8 heteroatoms. The highest BCUT2D eigenvalue weighted by Gasteiger charge is 2.27. The van der Waals surface area contributed by atoms with Gasteiger partial charge in [0.1, 0.15) is 17.2 Å². The summed E-state index contributed by atoms with van der Waals surface area (Å²) in [5, 5.41) is 8.07. The maximum Gasteiger partial charge on any atom is 0.309 e. The molecule has 1 saturated carbocycles. The lowest BCUT2D eigenvalue weighted by Crippen LogP contribution is -2.20. The first-order chi connectivity index (χ1) is 19.8. The summed E-state index contributed by atoms with van der Waals surface area (Å²) in [6.45, 7) is 5.42. The van der Waals surface area contributed by atoms with Crippen LogP contribution >= 0.6 is 0 Å². The van der Waals surface area contributed by atoms with Crippen molar-refractivity contribution in [1.29, 1.82) is 0 Å². The molecule has 0 spiro atoms. The van der Waals surface area contributed by atoms with Crippen molar-refractivity contribution in [1.82, 2.24) is 9.78 Å². The van der Waals surface area contributed by atoms with E-state index in [0.717, 1.165) is 53.6 Å². The van der Waals surface area contributed by atoms with Crippen LogP contribution in [0.25, 0.3) is 28.1 Å². The van der Waals surface area contributed by atoms with Gasteiger partial charge in [-0.25, -0.2) is 0 Å². The van der Waals surface area contributed by atoms with Crippen LogP contribution in [-0.4, -0.2) is 35.9 Å². The molecule has 1 N–H and O–H groups in total. The Bertz CT molecular complexity index is 1560. The molecule has 0 radical (unpaired) electrons. The number of ether oxygens (including phenoxy) is 3. The molecule has 1 aliphatic rings. The lowest BCUT2D eigenvalue weighted by atomic mass is 10.00. The number of carbonyl (C=O) groups excluding carboxylic acids is 2. The number of amides is 1. The molecule has 41 heavy (non-hydrogen) atoms. The van der Waals surface area contributed by atoms with Crippen LogP contribution < -0.4 is 19.5 Å². The highest BCUT2D eigenvalue weighted by atomic mass is 16.5. The van der Waals surface area contributed by atoms with Gasteiger partial charge >= 0.3 is 5.97 Å². The third-order valence-corrected chi connectivity index (χ3v) is 7.68. The summed E-state index contributed by atoms with van der Waals surface area (Å²) in [7, 11) is 3.19. The normalized spacial score (nSPS) is 13.2. The minimum atomic E-state index is -0.465.